The molecule has 1 aromatic carbocycles. The Hall–Kier alpha value is -1.43. The Morgan fingerprint density at radius 2 is 2.10 bits per heavy atom. The minimum atomic E-state index is -4.32. The summed E-state index contributed by atoms with van der Waals surface area (Å²) < 4.78 is 38.0. The van der Waals surface area contributed by atoms with Crippen molar-refractivity contribution in [2.24, 2.45) is 5.10 Å². The minimum absolute atomic E-state index is 0. The lowest BCUT2D eigenvalue weighted by atomic mass is 10.2. The number of benzene rings is 1. The lowest BCUT2D eigenvalue weighted by molar-refractivity contribution is -0.137. The first-order valence-electron chi connectivity index (χ1n) is 6.77. The van der Waals surface area contributed by atoms with Crippen LogP contribution < -0.4 is 10.3 Å². The summed E-state index contributed by atoms with van der Waals surface area (Å²) in [7, 11) is 0. The van der Waals surface area contributed by atoms with Gasteiger partial charge in [-0.05, 0) is 24.6 Å². The first kappa shape index (κ1) is 17.6. The number of rotatable bonds is 4. The van der Waals surface area contributed by atoms with Crippen LogP contribution in [0.3, 0.4) is 0 Å². The van der Waals surface area contributed by atoms with E-state index in [0.29, 0.717) is 12.2 Å². The van der Waals surface area contributed by atoms with Crippen LogP contribution in [0, 0.1) is 0 Å². The number of nitrogens with zero attached hydrogens (tertiary/aromatic N) is 2. The van der Waals surface area contributed by atoms with Crippen molar-refractivity contribution < 1.29 is 13.2 Å². The quantitative estimate of drug-likeness (QED) is 0.848. The van der Waals surface area contributed by atoms with Gasteiger partial charge in [0.2, 0.25) is 0 Å². The Bertz CT molecular complexity index is 489. The second-order valence-electron chi connectivity index (χ2n) is 4.75. The second kappa shape index (κ2) is 7.54. The summed E-state index contributed by atoms with van der Waals surface area (Å²) in [5.74, 6) is 0.843. The highest BCUT2D eigenvalue weighted by Gasteiger charge is 2.31. The Kier molecular flexibility index (Phi) is 6.33. The lowest BCUT2D eigenvalue weighted by Crippen LogP contribution is -2.22. The van der Waals surface area contributed by atoms with Crippen LogP contribution >= 0.6 is 12.4 Å². The molecule has 21 heavy (non-hydrogen) atoms. The maximum Gasteiger partial charge on any atom is 0.416 e. The summed E-state index contributed by atoms with van der Waals surface area (Å²) in [6.07, 6.45) is -1.43. The molecule has 0 radical (unpaired) electrons. The summed E-state index contributed by atoms with van der Waals surface area (Å²) in [6, 6.07) is 5.27. The van der Waals surface area contributed by atoms with Gasteiger partial charge in [0, 0.05) is 19.5 Å². The van der Waals surface area contributed by atoms with Crippen LogP contribution in [0.2, 0.25) is 0 Å². The van der Waals surface area contributed by atoms with Gasteiger partial charge in [-0.15, -0.1) is 12.4 Å². The molecule has 0 atom stereocenters. The number of anilines is 1. The van der Waals surface area contributed by atoms with Crippen molar-refractivity contribution in [3.8, 4) is 0 Å². The summed E-state index contributed by atoms with van der Waals surface area (Å²) in [4.78, 5) is 0. The van der Waals surface area contributed by atoms with Gasteiger partial charge >= 0.3 is 6.18 Å². The van der Waals surface area contributed by atoms with Gasteiger partial charge in [-0.1, -0.05) is 19.4 Å². The van der Waals surface area contributed by atoms with Crippen molar-refractivity contribution in [1.82, 2.24) is 5.32 Å². The van der Waals surface area contributed by atoms with E-state index < -0.39 is 11.7 Å². The second-order valence-corrected chi connectivity index (χ2v) is 4.75. The first-order valence-corrected chi connectivity index (χ1v) is 6.77. The molecule has 1 heterocycles. The van der Waals surface area contributed by atoms with Crippen LogP contribution in [-0.4, -0.2) is 18.9 Å². The van der Waals surface area contributed by atoms with Gasteiger partial charge in [-0.25, -0.2) is 0 Å². The Morgan fingerprint density at radius 1 is 1.33 bits per heavy atom. The van der Waals surface area contributed by atoms with Crippen molar-refractivity contribution >= 4 is 23.9 Å². The van der Waals surface area contributed by atoms with Crippen molar-refractivity contribution in [2.75, 3.05) is 18.1 Å². The fourth-order valence-corrected chi connectivity index (χ4v) is 2.02. The third kappa shape index (κ3) is 4.81. The predicted octanol–water partition coefficient (Wildman–Crippen LogP) is 4.04. The molecule has 1 N–H and O–H groups in total. The van der Waals surface area contributed by atoms with Gasteiger partial charge in [0.05, 0.1) is 11.3 Å². The molecule has 0 saturated heterocycles. The van der Waals surface area contributed by atoms with Gasteiger partial charge in [0.25, 0.3) is 0 Å². The SMILES string of the molecule is CCCCNC1=NN(c2cccc(C(F)(F)F)c2)CC1.Cl. The van der Waals surface area contributed by atoms with E-state index >= 15 is 0 Å². The van der Waals surface area contributed by atoms with Crippen LogP contribution in [0.25, 0.3) is 0 Å². The van der Waals surface area contributed by atoms with Crippen molar-refractivity contribution in [2.45, 2.75) is 32.4 Å². The van der Waals surface area contributed by atoms with Gasteiger partial charge < -0.3 is 5.32 Å². The summed E-state index contributed by atoms with van der Waals surface area (Å²) in [5, 5.41) is 9.15. The molecule has 1 aliphatic rings. The summed E-state index contributed by atoms with van der Waals surface area (Å²) in [5.41, 5.74) is -0.162. The van der Waals surface area contributed by atoms with Crippen molar-refractivity contribution in [3.63, 3.8) is 0 Å². The Labute approximate surface area is 128 Å². The summed E-state index contributed by atoms with van der Waals surface area (Å²) >= 11 is 0. The molecule has 1 aliphatic heterocycles. The van der Waals surface area contributed by atoms with Crippen LogP contribution in [0.1, 0.15) is 31.7 Å². The standard InChI is InChI=1S/C14H18F3N3.ClH/c1-2-3-8-18-13-7-9-20(19-13)12-6-4-5-11(10-12)14(15,16)17;/h4-6,10H,2-3,7-9H2,1H3,(H,18,19);1H. The van der Waals surface area contributed by atoms with E-state index in [1.807, 2.05) is 0 Å². The third-order valence-electron chi connectivity index (χ3n) is 3.13. The van der Waals surface area contributed by atoms with E-state index in [1.165, 1.54) is 6.07 Å². The average molecular weight is 322 g/mol. The van der Waals surface area contributed by atoms with E-state index in [-0.39, 0.29) is 12.4 Å². The Morgan fingerprint density at radius 3 is 2.76 bits per heavy atom. The molecular weight excluding hydrogens is 303 g/mol. The number of amidine groups is 1. The first-order chi connectivity index (χ1) is 9.50. The normalized spacial score (nSPS) is 14.7. The number of hydrazone groups is 1. The van der Waals surface area contributed by atoms with Crippen molar-refractivity contribution in [1.29, 1.82) is 0 Å². The number of unbranched alkanes of at least 4 members (excludes halogenated alkanes) is 1. The number of halogens is 4. The van der Waals surface area contributed by atoms with Crippen LogP contribution in [-0.2, 0) is 6.18 Å². The van der Waals surface area contributed by atoms with Gasteiger partial charge in [-0.2, -0.15) is 18.3 Å². The van der Waals surface area contributed by atoms with Crippen molar-refractivity contribution in [3.05, 3.63) is 29.8 Å². The number of nitrogens with one attached hydrogen (secondary N) is 1. The number of hydrogen-bond acceptors (Lipinski definition) is 3. The molecule has 0 unspecified atom stereocenters. The van der Waals surface area contributed by atoms with Gasteiger partial charge in [0.1, 0.15) is 5.84 Å². The largest absolute Gasteiger partial charge is 0.416 e. The summed E-state index contributed by atoms with van der Waals surface area (Å²) in [6.45, 7) is 3.56. The zero-order valence-corrected chi connectivity index (χ0v) is 12.6. The fraction of sp³-hybridized carbons (Fsp3) is 0.500. The topological polar surface area (TPSA) is 27.6 Å². The molecule has 1 aromatic rings. The highest BCUT2D eigenvalue weighted by atomic mass is 35.5. The smallest absolute Gasteiger partial charge is 0.372 e. The van der Waals surface area contributed by atoms with E-state index in [0.717, 1.165) is 43.8 Å². The number of hydrogen-bond donors (Lipinski definition) is 1. The van der Waals surface area contributed by atoms with E-state index in [9.17, 15) is 13.2 Å². The molecule has 118 valence electrons. The fourth-order valence-electron chi connectivity index (χ4n) is 2.02. The monoisotopic (exact) mass is 321 g/mol. The number of alkyl halides is 3. The molecule has 0 aliphatic carbocycles. The molecule has 0 saturated carbocycles. The molecule has 0 bridgehead atoms. The van der Waals surface area contributed by atoms with E-state index in [2.05, 4.69) is 17.3 Å². The molecule has 7 heteroatoms. The third-order valence-corrected chi connectivity index (χ3v) is 3.13. The van der Waals surface area contributed by atoms with Crippen LogP contribution in [0.5, 0.6) is 0 Å². The average Bonchev–Trinajstić information content (AvgIpc) is 2.87. The van der Waals surface area contributed by atoms with E-state index in [1.54, 1.807) is 11.1 Å². The zero-order valence-electron chi connectivity index (χ0n) is 11.8. The molecular formula is C14H19ClF3N3. The predicted molar refractivity (Wildman–Crippen MR) is 81.0 cm³/mol. The van der Waals surface area contributed by atoms with E-state index in [4.69, 9.17) is 0 Å². The highest BCUT2D eigenvalue weighted by Crippen LogP contribution is 2.32. The minimum Gasteiger partial charge on any atom is -0.372 e. The molecule has 3 nitrogen and oxygen atoms in total. The maximum atomic E-state index is 12.7. The molecule has 0 spiro atoms. The zero-order chi connectivity index (χ0) is 14.6. The van der Waals surface area contributed by atoms with Gasteiger partial charge in [-0.3, -0.25) is 5.01 Å². The highest BCUT2D eigenvalue weighted by molar-refractivity contribution is 5.86. The van der Waals surface area contributed by atoms with Crippen LogP contribution in [0.15, 0.2) is 29.4 Å². The van der Waals surface area contributed by atoms with Gasteiger partial charge in [0.15, 0.2) is 0 Å². The molecule has 2 rings (SSSR count). The Balaban J connectivity index is 0.00000220. The lowest BCUT2D eigenvalue weighted by Gasteiger charge is -2.15. The molecule has 0 amide bonds. The molecule has 0 fully saturated rings. The maximum absolute atomic E-state index is 12.7. The molecule has 0 aromatic heterocycles. The van der Waals surface area contributed by atoms with Crippen LogP contribution in [0.4, 0.5) is 18.9 Å².